The largest absolute Gasteiger partial charge is 0.308 e. The molecule has 1 N–H and O–H groups in total. The van der Waals surface area contributed by atoms with E-state index in [4.69, 9.17) is 0 Å². The van der Waals surface area contributed by atoms with Crippen LogP contribution in [0.2, 0.25) is 0 Å². The Bertz CT molecular complexity index is 417. The van der Waals surface area contributed by atoms with E-state index in [0.717, 1.165) is 6.54 Å². The predicted octanol–water partition coefficient (Wildman–Crippen LogP) is 4.75. The first-order valence-electron chi connectivity index (χ1n) is 8.59. The lowest BCUT2D eigenvalue weighted by Crippen LogP contribution is -2.53. The fourth-order valence-electron chi connectivity index (χ4n) is 3.55. The first kappa shape index (κ1) is 17.0. The van der Waals surface area contributed by atoms with Gasteiger partial charge in [0.2, 0.25) is 0 Å². The van der Waals surface area contributed by atoms with Crippen molar-refractivity contribution in [2.75, 3.05) is 19.6 Å². The molecule has 1 aliphatic rings. The van der Waals surface area contributed by atoms with E-state index in [0.29, 0.717) is 6.04 Å². The van der Waals surface area contributed by atoms with Gasteiger partial charge in [-0.2, -0.15) is 0 Å². The molecule has 0 spiro atoms. The van der Waals surface area contributed by atoms with Crippen LogP contribution in [-0.4, -0.2) is 30.1 Å². The monoisotopic (exact) mass is 308 g/mol. The fraction of sp³-hybridized carbons (Fsp3) is 0.778. The molecule has 1 aromatic rings. The van der Waals surface area contributed by atoms with Gasteiger partial charge in [0.15, 0.2) is 0 Å². The van der Waals surface area contributed by atoms with Gasteiger partial charge in [-0.25, -0.2) is 0 Å². The molecule has 0 aliphatic carbocycles. The molecule has 2 heterocycles. The van der Waals surface area contributed by atoms with Crippen LogP contribution in [0.15, 0.2) is 11.4 Å². The summed E-state index contributed by atoms with van der Waals surface area (Å²) in [6.07, 6.45) is 6.70. The van der Waals surface area contributed by atoms with Crippen LogP contribution in [0.4, 0.5) is 0 Å². The van der Waals surface area contributed by atoms with E-state index in [1.165, 1.54) is 55.6 Å². The summed E-state index contributed by atoms with van der Waals surface area (Å²) in [6.45, 7) is 13.0. The average Bonchev–Trinajstić information content (AvgIpc) is 2.71. The van der Waals surface area contributed by atoms with E-state index in [1.54, 1.807) is 0 Å². The third-order valence-electron chi connectivity index (χ3n) is 4.94. The number of hydrogen-bond donors (Lipinski definition) is 1. The quantitative estimate of drug-likeness (QED) is 0.815. The molecule has 0 radical (unpaired) electrons. The van der Waals surface area contributed by atoms with Crippen molar-refractivity contribution in [3.05, 3.63) is 21.9 Å². The van der Waals surface area contributed by atoms with E-state index in [9.17, 15) is 0 Å². The normalized spacial score (nSPS) is 19.4. The molecule has 0 bridgehead atoms. The molecule has 1 atom stereocenters. The molecule has 2 nitrogen and oxygen atoms in total. The topological polar surface area (TPSA) is 15.3 Å². The van der Waals surface area contributed by atoms with Crippen molar-refractivity contribution in [2.24, 2.45) is 0 Å². The van der Waals surface area contributed by atoms with Crippen LogP contribution in [-0.2, 0) is 0 Å². The fourth-order valence-corrected chi connectivity index (χ4v) is 4.29. The van der Waals surface area contributed by atoms with E-state index in [2.05, 4.69) is 49.4 Å². The van der Waals surface area contributed by atoms with Gasteiger partial charge in [0.25, 0.3) is 0 Å². The Morgan fingerprint density at radius 2 is 1.90 bits per heavy atom. The lowest BCUT2D eigenvalue weighted by molar-refractivity contribution is 0.0833. The van der Waals surface area contributed by atoms with Gasteiger partial charge in [-0.1, -0.05) is 19.8 Å². The maximum absolute atomic E-state index is 3.84. The molecule has 1 fully saturated rings. The molecule has 0 saturated carbocycles. The van der Waals surface area contributed by atoms with E-state index >= 15 is 0 Å². The Kier molecular flexibility index (Phi) is 6.27. The highest BCUT2D eigenvalue weighted by Crippen LogP contribution is 2.35. The van der Waals surface area contributed by atoms with E-state index in [-0.39, 0.29) is 5.54 Å². The zero-order valence-electron chi connectivity index (χ0n) is 14.2. The zero-order valence-corrected chi connectivity index (χ0v) is 15.1. The van der Waals surface area contributed by atoms with Crippen LogP contribution in [0, 0.1) is 6.92 Å². The lowest BCUT2D eigenvalue weighted by atomic mass is 9.86. The Morgan fingerprint density at radius 1 is 1.24 bits per heavy atom. The van der Waals surface area contributed by atoms with Gasteiger partial charge in [-0.15, -0.1) is 11.3 Å². The minimum Gasteiger partial charge on any atom is -0.308 e. The first-order valence-corrected chi connectivity index (χ1v) is 9.47. The second-order valence-corrected chi connectivity index (χ2v) is 7.99. The molecular weight excluding hydrogens is 276 g/mol. The summed E-state index contributed by atoms with van der Waals surface area (Å²) in [5.41, 5.74) is 1.67. The number of nitrogens with one attached hydrogen (secondary N) is 1. The molecule has 3 heteroatoms. The Balaban J connectivity index is 2.22. The first-order chi connectivity index (χ1) is 10.1. The molecule has 0 amide bonds. The van der Waals surface area contributed by atoms with Crippen LogP contribution in [0.3, 0.4) is 0 Å². The molecule has 2 rings (SSSR count). The number of aryl methyl sites for hydroxylation is 1. The maximum atomic E-state index is 3.84. The summed E-state index contributed by atoms with van der Waals surface area (Å²) >= 11 is 1.87. The molecular formula is C18H32N2S. The number of thiophene rings is 1. The SMILES string of the molecule is CCCNC(c1ccsc1C)C(C)(C)N1CCCCCC1. The Morgan fingerprint density at radius 3 is 2.43 bits per heavy atom. The zero-order chi connectivity index (χ0) is 15.3. The lowest BCUT2D eigenvalue weighted by Gasteiger charge is -2.44. The average molecular weight is 309 g/mol. The highest BCUT2D eigenvalue weighted by Gasteiger charge is 2.37. The van der Waals surface area contributed by atoms with Gasteiger partial charge < -0.3 is 5.32 Å². The van der Waals surface area contributed by atoms with Crippen LogP contribution < -0.4 is 5.32 Å². The van der Waals surface area contributed by atoms with Crippen molar-refractivity contribution in [2.45, 2.75) is 71.4 Å². The van der Waals surface area contributed by atoms with Crippen molar-refractivity contribution in [1.82, 2.24) is 10.2 Å². The van der Waals surface area contributed by atoms with E-state index < -0.39 is 0 Å². The minimum atomic E-state index is 0.172. The summed E-state index contributed by atoms with van der Waals surface area (Å²) < 4.78 is 0. The number of likely N-dealkylation sites (tertiary alicyclic amines) is 1. The number of hydrogen-bond acceptors (Lipinski definition) is 3. The Labute approximate surface area is 134 Å². The van der Waals surface area contributed by atoms with Crippen LogP contribution in [0.5, 0.6) is 0 Å². The minimum absolute atomic E-state index is 0.172. The molecule has 1 aliphatic heterocycles. The maximum Gasteiger partial charge on any atom is 0.0512 e. The molecule has 0 aromatic carbocycles. The van der Waals surface area contributed by atoms with Gasteiger partial charge in [0, 0.05) is 10.4 Å². The summed E-state index contributed by atoms with van der Waals surface area (Å²) in [7, 11) is 0. The second kappa shape index (κ2) is 7.75. The van der Waals surface area contributed by atoms with Crippen molar-refractivity contribution < 1.29 is 0 Å². The standard InChI is InChI=1S/C18H32N2S/c1-5-11-19-17(16-10-14-21-15(16)2)18(3,4)20-12-8-6-7-9-13-20/h10,14,17,19H,5-9,11-13H2,1-4H3. The van der Waals surface area contributed by atoms with Gasteiger partial charge in [-0.05, 0) is 76.7 Å². The number of rotatable bonds is 6. The van der Waals surface area contributed by atoms with E-state index in [1.807, 2.05) is 11.3 Å². The second-order valence-electron chi connectivity index (χ2n) is 6.87. The van der Waals surface area contributed by atoms with Crippen LogP contribution >= 0.6 is 11.3 Å². The van der Waals surface area contributed by atoms with Crippen molar-refractivity contribution >= 4 is 11.3 Å². The molecule has 1 saturated heterocycles. The van der Waals surface area contributed by atoms with Gasteiger partial charge in [0.1, 0.15) is 0 Å². The molecule has 21 heavy (non-hydrogen) atoms. The highest BCUT2D eigenvalue weighted by molar-refractivity contribution is 7.10. The summed E-state index contributed by atoms with van der Waals surface area (Å²) in [5, 5.41) is 6.08. The van der Waals surface area contributed by atoms with Gasteiger partial charge in [-0.3, -0.25) is 4.90 Å². The van der Waals surface area contributed by atoms with Crippen LogP contribution in [0.1, 0.15) is 69.4 Å². The predicted molar refractivity (Wildman–Crippen MR) is 94.2 cm³/mol. The van der Waals surface area contributed by atoms with Gasteiger partial charge in [0.05, 0.1) is 6.04 Å². The van der Waals surface area contributed by atoms with Gasteiger partial charge >= 0.3 is 0 Å². The smallest absolute Gasteiger partial charge is 0.0512 e. The molecule has 1 aromatic heterocycles. The summed E-state index contributed by atoms with van der Waals surface area (Å²) in [4.78, 5) is 4.19. The third kappa shape index (κ3) is 4.08. The number of nitrogens with zero attached hydrogens (tertiary/aromatic N) is 1. The van der Waals surface area contributed by atoms with Crippen molar-refractivity contribution in [1.29, 1.82) is 0 Å². The summed E-state index contributed by atoms with van der Waals surface area (Å²) in [5.74, 6) is 0. The molecule has 1 unspecified atom stereocenters. The van der Waals surface area contributed by atoms with Crippen LogP contribution in [0.25, 0.3) is 0 Å². The summed E-state index contributed by atoms with van der Waals surface area (Å²) in [6, 6.07) is 2.76. The van der Waals surface area contributed by atoms with Crippen molar-refractivity contribution in [3.8, 4) is 0 Å². The Hall–Kier alpha value is -0.380. The third-order valence-corrected chi connectivity index (χ3v) is 5.80. The van der Waals surface area contributed by atoms with Crippen molar-refractivity contribution in [3.63, 3.8) is 0 Å². The highest BCUT2D eigenvalue weighted by atomic mass is 32.1. The molecule has 120 valence electrons.